The van der Waals surface area contributed by atoms with Crippen LogP contribution in [0.15, 0.2) is 73.4 Å². The van der Waals surface area contributed by atoms with Gasteiger partial charge in [0.1, 0.15) is 10.6 Å². The molecule has 0 fully saturated rings. The summed E-state index contributed by atoms with van der Waals surface area (Å²) in [6.45, 7) is 3.97. The predicted octanol–water partition coefficient (Wildman–Crippen LogP) is 7.95. The van der Waals surface area contributed by atoms with E-state index in [0.717, 1.165) is 11.8 Å². The second kappa shape index (κ2) is 10.8. The van der Waals surface area contributed by atoms with E-state index in [1.165, 1.54) is 18.0 Å². The zero-order chi connectivity index (χ0) is 27.0. The summed E-state index contributed by atoms with van der Waals surface area (Å²) in [6, 6.07) is 15.9. The number of methoxy groups -OCH3 is 1. The fourth-order valence-corrected chi connectivity index (χ4v) is 4.70. The van der Waals surface area contributed by atoms with Crippen LogP contribution in [-0.2, 0) is 0 Å². The van der Waals surface area contributed by atoms with E-state index >= 15 is 0 Å². The Hall–Kier alpha value is -3.33. The van der Waals surface area contributed by atoms with E-state index in [-0.39, 0.29) is 17.5 Å². The number of rotatable bonds is 7. The molecule has 0 N–H and O–H groups in total. The number of fused-ring (bicyclic) bond motifs is 2. The van der Waals surface area contributed by atoms with Gasteiger partial charge < -0.3 is 13.9 Å². The second-order valence-corrected chi connectivity index (χ2v) is 10.2. The number of hydrogen-bond acceptors (Lipinski definition) is 6. The minimum absolute atomic E-state index is 0.0590. The van der Waals surface area contributed by atoms with Gasteiger partial charge in [-0.1, -0.05) is 42.3 Å². The van der Waals surface area contributed by atoms with E-state index in [1.807, 2.05) is 19.9 Å². The van der Waals surface area contributed by atoms with E-state index in [9.17, 15) is 4.79 Å². The lowest BCUT2D eigenvalue weighted by atomic mass is 10.2. The van der Waals surface area contributed by atoms with Gasteiger partial charge in [0, 0.05) is 20.4 Å². The summed E-state index contributed by atoms with van der Waals surface area (Å²) in [6.07, 6.45) is 2.25. The number of hydrogen-bond donors (Lipinski definition) is 0. The maximum atomic E-state index is 13.6. The molecule has 7 nitrogen and oxygen atoms in total. The van der Waals surface area contributed by atoms with Gasteiger partial charge in [0.2, 0.25) is 5.82 Å². The van der Waals surface area contributed by atoms with Crippen molar-refractivity contribution in [3.63, 3.8) is 0 Å². The lowest BCUT2D eigenvalue weighted by molar-refractivity contribution is 0.207. The third-order valence-corrected chi connectivity index (χ3v) is 7.71. The van der Waals surface area contributed by atoms with E-state index in [0.29, 0.717) is 53.8 Å². The first-order valence-corrected chi connectivity index (χ1v) is 13.3. The quantitative estimate of drug-likeness (QED) is 0.174. The number of para-hydroxylation sites is 1. The average molecular weight is 615 g/mol. The van der Waals surface area contributed by atoms with Crippen molar-refractivity contribution in [1.29, 1.82) is 0 Å². The largest absolute Gasteiger partial charge is 0.493 e. The highest BCUT2D eigenvalue weighted by Gasteiger charge is 2.20. The van der Waals surface area contributed by atoms with E-state index in [2.05, 4.69) is 21.0 Å². The third-order valence-electron chi connectivity index (χ3n) is 6.03. The molecule has 0 bridgehead atoms. The summed E-state index contributed by atoms with van der Waals surface area (Å²) >= 11 is 16.3. The number of ether oxygens (including phenoxy) is 2. The van der Waals surface area contributed by atoms with Crippen molar-refractivity contribution < 1.29 is 13.9 Å². The number of furan rings is 1. The molecule has 194 valence electrons. The van der Waals surface area contributed by atoms with E-state index in [1.54, 1.807) is 48.5 Å². The van der Waals surface area contributed by atoms with Crippen LogP contribution < -0.4 is 15.0 Å². The van der Waals surface area contributed by atoms with E-state index < -0.39 is 0 Å². The number of nitrogens with zero attached hydrogens (tertiary/aromatic N) is 3. The minimum Gasteiger partial charge on any atom is -0.493 e. The Morgan fingerprint density at radius 1 is 1.18 bits per heavy atom. The number of benzene rings is 3. The molecule has 0 spiro atoms. The first-order valence-electron chi connectivity index (χ1n) is 11.8. The van der Waals surface area contributed by atoms with Gasteiger partial charge >= 0.3 is 0 Å². The molecule has 3 aromatic carbocycles. The maximum Gasteiger partial charge on any atom is 0.282 e. The molecule has 0 amide bonds. The fourth-order valence-electron chi connectivity index (χ4n) is 3.88. The molecule has 0 saturated carbocycles. The standard InChI is InChI=1S/C28H22BrCl2N3O4/c1-4-15(2)37-26-22(36-3)13-17(24(29)25(26)31)14-32-34-27(33-20-8-6-5-7-19(20)28(34)35)23-12-16-11-18(30)9-10-21(16)38-23/h5-15H,4H2,1-3H3/t15-/m1/s1. The lowest BCUT2D eigenvalue weighted by Crippen LogP contribution is -2.20. The number of halogens is 3. The molecule has 0 saturated heterocycles. The SMILES string of the molecule is CC[C@@H](C)Oc1c(OC)cc(C=Nn2c(-c3cc4cc(Cl)ccc4o3)nc3ccccc3c2=O)c(Br)c1Cl. The molecule has 0 aliphatic carbocycles. The molecule has 38 heavy (non-hydrogen) atoms. The van der Waals surface area contributed by atoms with Gasteiger partial charge in [0.05, 0.1) is 30.3 Å². The summed E-state index contributed by atoms with van der Waals surface area (Å²) in [5.74, 6) is 1.48. The lowest BCUT2D eigenvalue weighted by Gasteiger charge is -2.18. The van der Waals surface area contributed by atoms with Gasteiger partial charge in [0.25, 0.3) is 5.56 Å². The van der Waals surface area contributed by atoms with Crippen LogP contribution in [0, 0.1) is 0 Å². The van der Waals surface area contributed by atoms with Crippen LogP contribution in [0.4, 0.5) is 0 Å². The Morgan fingerprint density at radius 3 is 2.74 bits per heavy atom. The molecule has 0 aliphatic rings. The summed E-state index contributed by atoms with van der Waals surface area (Å²) < 4.78 is 19.3. The van der Waals surface area contributed by atoms with Gasteiger partial charge in [-0.25, -0.2) is 4.98 Å². The predicted molar refractivity (Wildman–Crippen MR) is 155 cm³/mol. The van der Waals surface area contributed by atoms with Crippen LogP contribution in [0.3, 0.4) is 0 Å². The molecule has 1 atom stereocenters. The monoisotopic (exact) mass is 613 g/mol. The molecule has 5 aromatic rings. The molecule has 2 aromatic heterocycles. The minimum atomic E-state index is -0.355. The Labute approximate surface area is 236 Å². The van der Waals surface area contributed by atoms with Gasteiger partial charge in [-0.2, -0.15) is 9.78 Å². The summed E-state index contributed by atoms with van der Waals surface area (Å²) in [7, 11) is 1.54. The first kappa shape index (κ1) is 26.3. The first-order chi connectivity index (χ1) is 18.3. The Kier molecular flexibility index (Phi) is 7.47. The molecule has 5 rings (SSSR count). The molecule has 0 aliphatic heterocycles. The van der Waals surface area contributed by atoms with Crippen LogP contribution in [0.2, 0.25) is 10.0 Å². The van der Waals surface area contributed by atoms with Crippen molar-refractivity contribution in [1.82, 2.24) is 9.66 Å². The van der Waals surface area contributed by atoms with Crippen molar-refractivity contribution in [3.05, 3.63) is 85.0 Å². The molecule has 0 radical (unpaired) electrons. The average Bonchev–Trinajstić information content (AvgIpc) is 3.34. The Balaban J connectivity index is 1.67. The Morgan fingerprint density at radius 2 is 1.97 bits per heavy atom. The van der Waals surface area contributed by atoms with Crippen LogP contribution in [0.5, 0.6) is 11.5 Å². The summed E-state index contributed by atoms with van der Waals surface area (Å²) in [4.78, 5) is 18.3. The molecule has 2 heterocycles. The maximum absolute atomic E-state index is 13.6. The molecule has 0 unspecified atom stereocenters. The highest BCUT2D eigenvalue weighted by molar-refractivity contribution is 9.10. The zero-order valence-corrected chi connectivity index (χ0v) is 23.8. The number of aromatic nitrogens is 2. The topological polar surface area (TPSA) is 78.8 Å². The smallest absolute Gasteiger partial charge is 0.282 e. The summed E-state index contributed by atoms with van der Waals surface area (Å²) in [5, 5.41) is 6.63. The van der Waals surface area contributed by atoms with Crippen molar-refractivity contribution in [2.45, 2.75) is 26.4 Å². The highest BCUT2D eigenvalue weighted by atomic mass is 79.9. The summed E-state index contributed by atoms with van der Waals surface area (Å²) in [5.41, 5.74) is 1.35. The van der Waals surface area contributed by atoms with E-state index in [4.69, 9.17) is 42.1 Å². The van der Waals surface area contributed by atoms with Gasteiger partial charge in [-0.3, -0.25) is 4.79 Å². The van der Waals surface area contributed by atoms with Crippen molar-refractivity contribution >= 4 is 67.2 Å². The van der Waals surface area contributed by atoms with Crippen LogP contribution in [-0.4, -0.2) is 29.1 Å². The highest BCUT2D eigenvalue weighted by Crippen LogP contribution is 2.42. The van der Waals surface area contributed by atoms with Gasteiger partial charge in [0.15, 0.2) is 17.3 Å². The normalized spacial score (nSPS) is 12.5. The van der Waals surface area contributed by atoms with Crippen molar-refractivity contribution in [2.24, 2.45) is 5.10 Å². The Bertz CT molecular complexity index is 1760. The second-order valence-electron chi connectivity index (χ2n) is 8.57. The molecular formula is C28H22BrCl2N3O4. The molecular weight excluding hydrogens is 593 g/mol. The molecule has 10 heteroatoms. The fraction of sp³-hybridized carbons (Fsp3) is 0.179. The third kappa shape index (κ3) is 4.91. The zero-order valence-electron chi connectivity index (χ0n) is 20.7. The van der Waals surface area contributed by atoms with Crippen LogP contribution >= 0.6 is 39.1 Å². The van der Waals surface area contributed by atoms with Gasteiger partial charge in [-0.15, -0.1) is 0 Å². The van der Waals surface area contributed by atoms with Crippen LogP contribution in [0.1, 0.15) is 25.8 Å². The van der Waals surface area contributed by atoms with Crippen molar-refractivity contribution in [3.8, 4) is 23.1 Å². The van der Waals surface area contributed by atoms with Gasteiger partial charge in [-0.05, 0) is 71.7 Å². The van der Waals surface area contributed by atoms with Crippen molar-refractivity contribution in [2.75, 3.05) is 7.11 Å². The van der Waals surface area contributed by atoms with Crippen LogP contribution in [0.25, 0.3) is 33.5 Å².